The van der Waals surface area contributed by atoms with Crippen LogP contribution >= 0.6 is 43.5 Å². The minimum absolute atomic E-state index is 0.225. The van der Waals surface area contributed by atoms with Gasteiger partial charge in [-0.25, -0.2) is 4.79 Å². The van der Waals surface area contributed by atoms with Gasteiger partial charge in [-0.2, -0.15) is 0 Å². The third kappa shape index (κ3) is 2.82. The molecule has 1 unspecified atom stereocenters. The van der Waals surface area contributed by atoms with Gasteiger partial charge in [0.25, 0.3) is 0 Å². The fraction of sp³-hybridized carbons (Fsp3) is 0.133. The van der Waals surface area contributed by atoms with Crippen LogP contribution in [-0.4, -0.2) is 9.97 Å². The van der Waals surface area contributed by atoms with E-state index in [1.54, 1.807) is 0 Å². The molecule has 2 N–H and O–H groups in total. The number of alkyl halides is 1. The predicted molar refractivity (Wildman–Crippen MR) is 93.2 cm³/mol. The third-order valence-electron chi connectivity index (χ3n) is 3.34. The molecule has 0 bridgehead atoms. The van der Waals surface area contributed by atoms with Crippen LogP contribution in [0.25, 0.3) is 11.0 Å². The van der Waals surface area contributed by atoms with Crippen LogP contribution in [0.15, 0.2) is 44.1 Å². The lowest BCUT2D eigenvalue weighted by Crippen LogP contribution is -1.99. The highest BCUT2D eigenvalue weighted by atomic mass is 79.9. The largest absolute Gasteiger partial charge is 0.323 e. The number of aryl methyl sites for hydroxylation is 1. The van der Waals surface area contributed by atoms with Gasteiger partial charge < -0.3 is 9.97 Å². The van der Waals surface area contributed by atoms with Crippen molar-refractivity contribution in [3.63, 3.8) is 0 Å². The fourth-order valence-electron chi connectivity index (χ4n) is 2.27. The van der Waals surface area contributed by atoms with E-state index in [1.807, 2.05) is 37.3 Å². The van der Waals surface area contributed by atoms with Crippen LogP contribution in [0.4, 0.5) is 0 Å². The standard InChI is InChI=1S/C15H11Br2ClN2O/c1-7-2-3-8(10(16)4-7)14(18)9-5-12-13(6-11(9)17)20-15(21)19-12/h2-6,14H,1H3,(H2,19,20,21). The maximum Gasteiger partial charge on any atom is 0.323 e. The van der Waals surface area contributed by atoms with Crippen molar-refractivity contribution in [2.45, 2.75) is 12.3 Å². The summed E-state index contributed by atoms with van der Waals surface area (Å²) in [7, 11) is 0. The first kappa shape index (κ1) is 14.9. The highest BCUT2D eigenvalue weighted by molar-refractivity contribution is 9.10. The fourth-order valence-corrected chi connectivity index (χ4v) is 4.20. The molecule has 0 amide bonds. The van der Waals surface area contributed by atoms with Crippen LogP contribution in [0.5, 0.6) is 0 Å². The number of aromatic amines is 2. The van der Waals surface area contributed by atoms with E-state index >= 15 is 0 Å². The zero-order valence-corrected chi connectivity index (χ0v) is 14.9. The van der Waals surface area contributed by atoms with E-state index in [9.17, 15) is 4.79 Å². The van der Waals surface area contributed by atoms with Crippen molar-refractivity contribution in [2.24, 2.45) is 0 Å². The normalized spacial score (nSPS) is 12.8. The molecule has 0 aliphatic rings. The Hall–Kier alpha value is -1.04. The van der Waals surface area contributed by atoms with Gasteiger partial charge in [0.05, 0.1) is 16.4 Å². The van der Waals surface area contributed by atoms with Gasteiger partial charge in [0.2, 0.25) is 0 Å². The Morgan fingerprint density at radius 3 is 2.29 bits per heavy atom. The molecule has 3 nitrogen and oxygen atoms in total. The number of hydrogen-bond acceptors (Lipinski definition) is 1. The van der Waals surface area contributed by atoms with Crippen molar-refractivity contribution < 1.29 is 0 Å². The average molecular weight is 431 g/mol. The Kier molecular flexibility index (Phi) is 3.99. The Labute approximate surface area is 143 Å². The summed E-state index contributed by atoms with van der Waals surface area (Å²) in [5.41, 5.74) is 4.33. The molecule has 108 valence electrons. The van der Waals surface area contributed by atoms with Gasteiger partial charge in [-0.3, -0.25) is 0 Å². The minimum Gasteiger partial charge on any atom is -0.306 e. The zero-order chi connectivity index (χ0) is 15.1. The van der Waals surface area contributed by atoms with Gasteiger partial charge in [-0.15, -0.1) is 11.6 Å². The van der Waals surface area contributed by atoms with Crippen LogP contribution < -0.4 is 5.69 Å². The van der Waals surface area contributed by atoms with Crippen molar-refractivity contribution >= 4 is 54.5 Å². The minimum atomic E-state index is -0.322. The lowest BCUT2D eigenvalue weighted by Gasteiger charge is -2.15. The summed E-state index contributed by atoms with van der Waals surface area (Å²) in [4.78, 5) is 16.9. The molecule has 0 saturated heterocycles. The molecule has 1 heterocycles. The van der Waals surface area contributed by atoms with E-state index in [1.165, 1.54) is 5.56 Å². The number of H-pyrrole nitrogens is 2. The van der Waals surface area contributed by atoms with Crippen molar-refractivity contribution in [3.05, 3.63) is 66.5 Å². The molecule has 0 fully saturated rings. The topological polar surface area (TPSA) is 48.6 Å². The van der Waals surface area contributed by atoms with Gasteiger partial charge in [-0.1, -0.05) is 44.0 Å². The maximum atomic E-state index is 11.4. The van der Waals surface area contributed by atoms with Crippen LogP contribution in [0, 0.1) is 6.92 Å². The second-order valence-corrected chi connectivity index (χ2v) is 7.03. The lowest BCUT2D eigenvalue weighted by atomic mass is 10.0. The van der Waals surface area contributed by atoms with Gasteiger partial charge in [0.15, 0.2) is 0 Å². The molecular formula is C15H11Br2ClN2O. The molecule has 0 spiro atoms. The summed E-state index contributed by atoms with van der Waals surface area (Å²) in [6, 6.07) is 9.82. The third-order valence-corrected chi connectivity index (χ3v) is 5.18. The summed E-state index contributed by atoms with van der Waals surface area (Å²) >= 11 is 13.7. The number of fused-ring (bicyclic) bond motifs is 1. The first-order chi connectivity index (χ1) is 9.95. The van der Waals surface area contributed by atoms with Gasteiger partial charge >= 0.3 is 5.69 Å². The summed E-state index contributed by atoms with van der Waals surface area (Å²) in [5.74, 6) is 0. The van der Waals surface area contributed by atoms with E-state index in [0.29, 0.717) is 0 Å². The second kappa shape index (κ2) is 5.63. The molecule has 0 saturated carbocycles. The quantitative estimate of drug-likeness (QED) is 0.551. The van der Waals surface area contributed by atoms with E-state index in [0.717, 1.165) is 31.1 Å². The summed E-state index contributed by atoms with van der Waals surface area (Å²) in [6.07, 6.45) is 0. The summed E-state index contributed by atoms with van der Waals surface area (Å²) in [5, 5.41) is -0.322. The van der Waals surface area contributed by atoms with Crippen LogP contribution in [-0.2, 0) is 0 Å². The number of aromatic nitrogens is 2. The maximum absolute atomic E-state index is 11.4. The molecule has 3 aromatic rings. The predicted octanol–water partition coefficient (Wildman–Crippen LogP) is 5.02. The molecule has 0 radical (unpaired) electrons. The van der Waals surface area contributed by atoms with Gasteiger partial charge in [0, 0.05) is 8.95 Å². The molecule has 6 heteroatoms. The van der Waals surface area contributed by atoms with E-state index in [-0.39, 0.29) is 11.1 Å². The van der Waals surface area contributed by atoms with Crippen LogP contribution in [0.3, 0.4) is 0 Å². The summed E-state index contributed by atoms with van der Waals surface area (Å²) in [6.45, 7) is 2.03. The lowest BCUT2D eigenvalue weighted by molar-refractivity contribution is 1.12. The molecule has 3 rings (SSSR count). The number of benzene rings is 2. The molecule has 1 aromatic heterocycles. The highest BCUT2D eigenvalue weighted by Crippen LogP contribution is 2.38. The number of halogens is 3. The first-order valence-electron chi connectivity index (χ1n) is 6.27. The van der Waals surface area contributed by atoms with Crippen LogP contribution in [0.1, 0.15) is 22.1 Å². The first-order valence-corrected chi connectivity index (χ1v) is 8.29. The van der Waals surface area contributed by atoms with Crippen molar-refractivity contribution in [1.82, 2.24) is 9.97 Å². The molecule has 1 atom stereocenters. The monoisotopic (exact) mass is 428 g/mol. The zero-order valence-electron chi connectivity index (χ0n) is 11.0. The van der Waals surface area contributed by atoms with Crippen molar-refractivity contribution in [1.29, 1.82) is 0 Å². The Morgan fingerprint density at radius 1 is 1.00 bits per heavy atom. The van der Waals surface area contributed by atoms with E-state index < -0.39 is 0 Å². The number of rotatable bonds is 2. The smallest absolute Gasteiger partial charge is 0.306 e. The number of imidazole rings is 1. The SMILES string of the molecule is Cc1ccc(C(Cl)c2cc3[nH]c(=O)[nH]c3cc2Br)c(Br)c1. The van der Waals surface area contributed by atoms with Gasteiger partial charge in [0.1, 0.15) is 0 Å². The molecule has 21 heavy (non-hydrogen) atoms. The molecule has 0 aliphatic heterocycles. The molecular weight excluding hydrogens is 419 g/mol. The molecule has 0 aliphatic carbocycles. The Bertz CT molecular complexity index is 885. The highest BCUT2D eigenvalue weighted by Gasteiger charge is 2.18. The number of nitrogens with one attached hydrogen (secondary N) is 2. The molecule has 2 aromatic carbocycles. The Balaban J connectivity index is 2.14. The van der Waals surface area contributed by atoms with E-state index in [2.05, 4.69) is 41.8 Å². The van der Waals surface area contributed by atoms with E-state index in [4.69, 9.17) is 11.6 Å². The Morgan fingerprint density at radius 2 is 1.62 bits per heavy atom. The average Bonchev–Trinajstić information content (AvgIpc) is 2.76. The summed E-state index contributed by atoms with van der Waals surface area (Å²) < 4.78 is 1.83. The van der Waals surface area contributed by atoms with Crippen molar-refractivity contribution in [2.75, 3.05) is 0 Å². The van der Waals surface area contributed by atoms with Gasteiger partial charge in [-0.05, 0) is 41.8 Å². The second-order valence-electron chi connectivity index (χ2n) is 4.89. The van der Waals surface area contributed by atoms with Crippen molar-refractivity contribution in [3.8, 4) is 0 Å². The number of hydrogen-bond donors (Lipinski definition) is 2. The van der Waals surface area contributed by atoms with Crippen LogP contribution in [0.2, 0.25) is 0 Å².